The molecule has 4 rings (SSSR count). The van der Waals surface area contributed by atoms with Crippen LogP contribution in [0, 0.1) is 12.3 Å². The van der Waals surface area contributed by atoms with Gasteiger partial charge in [0, 0.05) is 57.5 Å². The summed E-state index contributed by atoms with van der Waals surface area (Å²) >= 11 is 0. The maximum Gasteiger partial charge on any atom is 0.222 e. The van der Waals surface area contributed by atoms with E-state index in [2.05, 4.69) is 40.8 Å². The summed E-state index contributed by atoms with van der Waals surface area (Å²) in [6.07, 6.45) is 8.31. The molecule has 0 radical (unpaired) electrons. The molecule has 27 heavy (non-hydrogen) atoms. The molecule has 0 unspecified atom stereocenters. The Hall–Kier alpha value is -1.92. The number of fused-ring (bicyclic) bond motifs is 1. The van der Waals surface area contributed by atoms with Crippen LogP contribution in [0.25, 0.3) is 5.65 Å². The first-order valence-corrected chi connectivity index (χ1v) is 10.0. The van der Waals surface area contributed by atoms with Crippen LogP contribution >= 0.6 is 0 Å². The molecule has 1 atom stereocenters. The molecular formula is C21H30N4O2. The first-order chi connectivity index (χ1) is 13.1. The Morgan fingerprint density at radius 3 is 3.00 bits per heavy atom. The predicted molar refractivity (Wildman–Crippen MR) is 105 cm³/mol. The van der Waals surface area contributed by atoms with Crippen LogP contribution in [-0.2, 0) is 16.1 Å². The number of aryl methyl sites for hydroxylation is 1. The van der Waals surface area contributed by atoms with Crippen molar-refractivity contribution >= 4 is 11.6 Å². The summed E-state index contributed by atoms with van der Waals surface area (Å²) < 4.78 is 7.31. The van der Waals surface area contributed by atoms with E-state index in [0.29, 0.717) is 19.6 Å². The maximum absolute atomic E-state index is 12.3. The van der Waals surface area contributed by atoms with Gasteiger partial charge in [-0.1, -0.05) is 6.07 Å². The van der Waals surface area contributed by atoms with E-state index in [1.54, 1.807) is 7.11 Å². The Kier molecular flexibility index (Phi) is 5.19. The second kappa shape index (κ2) is 7.60. The van der Waals surface area contributed by atoms with Gasteiger partial charge in [-0.15, -0.1) is 0 Å². The van der Waals surface area contributed by atoms with Crippen LogP contribution in [0.1, 0.15) is 36.9 Å². The highest BCUT2D eigenvalue weighted by atomic mass is 16.5. The van der Waals surface area contributed by atoms with E-state index >= 15 is 0 Å². The highest BCUT2D eigenvalue weighted by molar-refractivity contribution is 5.77. The number of piperidine rings is 2. The molecule has 1 amide bonds. The monoisotopic (exact) mass is 370 g/mol. The zero-order valence-corrected chi connectivity index (χ0v) is 16.5. The van der Waals surface area contributed by atoms with E-state index in [-0.39, 0.29) is 11.3 Å². The van der Waals surface area contributed by atoms with Gasteiger partial charge in [0.1, 0.15) is 5.65 Å². The fourth-order valence-electron chi connectivity index (χ4n) is 4.80. The van der Waals surface area contributed by atoms with E-state index in [1.165, 1.54) is 18.4 Å². The number of likely N-dealkylation sites (tertiary alicyclic amines) is 2. The number of imidazole rings is 1. The number of nitrogens with zero attached hydrogens (tertiary/aromatic N) is 4. The number of hydrogen-bond donors (Lipinski definition) is 0. The Labute approximate surface area is 161 Å². The van der Waals surface area contributed by atoms with Crippen LogP contribution in [-0.4, -0.2) is 65.0 Å². The third kappa shape index (κ3) is 3.87. The molecule has 2 aliphatic rings. The van der Waals surface area contributed by atoms with E-state index in [4.69, 9.17) is 9.72 Å². The number of ether oxygens (including phenoxy) is 1. The summed E-state index contributed by atoms with van der Waals surface area (Å²) in [5.74, 6) is 0.283. The first kappa shape index (κ1) is 18.4. The number of carbonyl (C=O) groups excluding carboxylic acids is 1. The molecular weight excluding hydrogens is 340 g/mol. The summed E-state index contributed by atoms with van der Waals surface area (Å²) in [5, 5.41) is 0. The molecule has 2 fully saturated rings. The quantitative estimate of drug-likeness (QED) is 0.811. The largest absolute Gasteiger partial charge is 0.383 e. The summed E-state index contributed by atoms with van der Waals surface area (Å²) in [4.78, 5) is 21.7. The number of pyridine rings is 1. The van der Waals surface area contributed by atoms with E-state index in [9.17, 15) is 4.79 Å². The minimum absolute atomic E-state index is 0.231. The predicted octanol–water partition coefficient (Wildman–Crippen LogP) is 2.49. The van der Waals surface area contributed by atoms with E-state index < -0.39 is 0 Å². The SMILES string of the molecule is COCCN1C[C@@]2(CCCN(Cc3cn4cccc(C)c4n3)C2)CCC1=O. The topological polar surface area (TPSA) is 50.1 Å². The lowest BCUT2D eigenvalue weighted by atomic mass is 9.73. The van der Waals surface area contributed by atoms with Crippen LogP contribution in [0.15, 0.2) is 24.5 Å². The molecule has 0 N–H and O–H groups in total. The van der Waals surface area contributed by atoms with Crippen molar-refractivity contribution in [1.29, 1.82) is 0 Å². The maximum atomic E-state index is 12.3. The standard InChI is InChI=1S/C21H30N4O2/c1-17-5-3-10-24-14-18(22-20(17)24)13-23-9-4-7-21(15-23)8-6-19(26)25(16-21)11-12-27-2/h3,5,10,14H,4,6-9,11-13,15-16H2,1-2H3/t21-/m0/s1. The van der Waals surface area contributed by atoms with Crippen molar-refractivity contribution in [1.82, 2.24) is 19.2 Å². The molecule has 0 aromatic carbocycles. The van der Waals surface area contributed by atoms with Crippen molar-refractivity contribution in [2.75, 3.05) is 39.9 Å². The molecule has 0 aliphatic carbocycles. The Morgan fingerprint density at radius 2 is 2.19 bits per heavy atom. The van der Waals surface area contributed by atoms with Gasteiger partial charge in [0.05, 0.1) is 12.3 Å². The minimum atomic E-state index is 0.231. The van der Waals surface area contributed by atoms with Crippen LogP contribution in [0.4, 0.5) is 0 Å². The van der Waals surface area contributed by atoms with Gasteiger partial charge < -0.3 is 14.0 Å². The number of methoxy groups -OCH3 is 1. The molecule has 6 heteroatoms. The van der Waals surface area contributed by atoms with Crippen molar-refractivity contribution < 1.29 is 9.53 Å². The molecule has 0 bridgehead atoms. The number of hydrogen-bond acceptors (Lipinski definition) is 4. The lowest BCUT2D eigenvalue weighted by Gasteiger charge is -2.48. The molecule has 2 aromatic heterocycles. The fourth-order valence-corrected chi connectivity index (χ4v) is 4.80. The molecule has 4 heterocycles. The van der Waals surface area contributed by atoms with E-state index in [1.807, 2.05) is 4.90 Å². The van der Waals surface area contributed by atoms with Gasteiger partial charge in [-0.25, -0.2) is 4.98 Å². The Bertz CT molecular complexity index is 818. The zero-order valence-electron chi connectivity index (χ0n) is 16.5. The van der Waals surface area contributed by atoms with Crippen LogP contribution < -0.4 is 0 Å². The normalized spacial score (nSPS) is 24.2. The van der Waals surface area contributed by atoms with Crippen LogP contribution in [0.5, 0.6) is 0 Å². The summed E-state index contributed by atoms with van der Waals surface area (Å²) in [6.45, 7) is 7.35. The van der Waals surface area contributed by atoms with Crippen molar-refractivity contribution in [3.05, 3.63) is 35.8 Å². The molecule has 2 saturated heterocycles. The lowest BCUT2D eigenvalue weighted by molar-refractivity contribution is -0.140. The average Bonchev–Trinajstić information content (AvgIpc) is 3.07. The van der Waals surface area contributed by atoms with Gasteiger partial charge >= 0.3 is 0 Å². The molecule has 146 valence electrons. The second-order valence-corrected chi connectivity index (χ2v) is 8.28. The molecule has 2 aliphatic heterocycles. The summed E-state index contributed by atoms with van der Waals surface area (Å²) in [7, 11) is 1.70. The van der Waals surface area contributed by atoms with Gasteiger partial charge in [-0.2, -0.15) is 0 Å². The second-order valence-electron chi connectivity index (χ2n) is 8.28. The van der Waals surface area contributed by atoms with Gasteiger partial charge in [-0.05, 0) is 44.4 Å². The average molecular weight is 370 g/mol. The third-order valence-corrected chi connectivity index (χ3v) is 6.17. The van der Waals surface area contributed by atoms with Gasteiger partial charge in [0.2, 0.25) is 5.91 Å². The molecule has 0 saturated carbocycles. The van der Waals surface area contributed by atoms with Crippen molar-refractivity contribution in [2.45, 2.75) is 39.2 Å². The minimum Gasteiger partial charge on any atom is -0.383 e. The highest BCUT2D eigenvalue weighted by Crippen LogP contribution is 2.39. The van der Waals surface area contributed by atoms with Crippen LogP contribution in [0.2, 0.25) is 0 Å². The Balaban J connectivity index is 1.45. The van der Waals surface area contributed by atoms with Crippen LogP contribution in [0.3, 0.4) is 0 Å². The van der Waals surface area contributed by atoms with E-state index in [0.717, 1.165) is 43.9 Å². The number of aromatic nitrogens is 2. The molecule has 6 nitrogen and oxygen atoms in total. The number of amides is 1. The highest BCUT2D eigenvalue weighted by Gasteiger charge is 2.41. The molecule has 2 aromatic rings. The molecule has 1 spiro atoms. The third-order valence-electron chi connectivity index (χ3n) is 6.17. The van der Waals surface area contributed by atoms with Crippen molar-refractivity contribution in [3.8, 4) is 0 Å². The smallest absolute Gasteiger partial charge is 0.222 e. The van der Waals surface area contributed by atoms with Gasteiger partial charge in [0.15, 0.2) is 0 Å². The van der Waals surface area contributed by atoms with Crippen molar-refractivity contribution in [2.24, 2.45) is 5.41 Å². The first-order valence-electron chi connectivity index (χ1n) is 10.0. The summed E-state index contributed by atoms with van der Waals surface area (Å²) in [5.41, 5.74) is 3.62. The fraction of sp³-hybridized carbons (Fsp3) is 0.619. The Morgan fingerprint density at radius 1 is 1.30 bits per heavy atom. The zero-order chi connectivity index (χ0) is 18.9. The van der Waals surface area contributed by atoms with Gasteiger partial charge in [0.25, 0.3) is 0 Å². The summed E-state index contributed by atoms with van der Waals surface area (Å²) in [6, 6.07) is 4.17. The number of rotatable bonds is 5. The van der Waals surface area contributed by atoms with Gasteiger partial charge in [-0.3, -0.25) is 9.69 Å². The number of carbonyl (C=O) groups is 1. The lowest BCUT2D eigenvalue weighted by Crippen LogP contribution is -2.54. The van der Waals surface area contributed by atoms with Crippen molar-refractivity contribution in [3.63, 3.8) is 0 Å².